The molecule has 150 valence electrons. The van der Waals surface area contributed by atoms with E-state index in [4.69, 9.17) is 4.74 Å². The van der Waals surface area contributed by atoms with Crippen molar-refractivity contribution < 1.29 is 14.3 Å². The van der Waals surface area contributed by atoms with Crippen LogP contribution in [0.25, 0.3) is 0 Å². The van der Waals surface area contributed by atoms with Gasteiger partial charge in [0.15, 0.2) is 0 Å². The van der Waals surface area contributed by atoms with Crippen LogP contribution in [0.5, 0.6) is 5.75 Å². The first-order valence-electron chi connectivity index (χ1n) is 9.56. The maximum absolute atomic E-state index is 12.8. The zero-order valence-corrected chi connectivity index (χ0v) is 18.4. The molecule has 4 nitrogen and oxygen atoms in total. The molecule has 5 heteroatoms. The van der Waals surface area contributed by atoms with Crippen LogP contribution in [0.4, 0.5) is 4.79 Å². The molecular formula is C23H29NO3S. The fraction of sp³-hybridized carbons (Fsp3) is 0.391. The molecule has 0 atom stereocenters. The lowest BCUT2D eigenvalue weighted by atomic mass is 9.86. The van der Waals surface area contributed by atoms with Gasteiger partial charge in [-0.1, -0.05) is 57.2 Å². The van der Waals surface area contributed by atoms with Crippen LogP contribution >= 0.6 is 11.8 Å². The van der Waals surface area contributed by atoms with Crippen LogP contribution in [-0.4, -0.2) is 29.2 Å². The normalized spacial score (nSPS) is 11.2. The predicted octanol–water partition coefficient (Wildman–Crippen LogP) is 6.07. The molecule has 2 rings (SSSR count). The van der Waals surface area contributed by atoms with Gasteiger partial charge in [-0.05, 0) is 55.1 Å². The van der Waals surface area contributed by atoms with E-state index in [1.54, 1.807) is 17.0 Å². The summed E-state index contributed by atoms with van der Waals surface area (Å²) in [5, 5.41) is -0.0776. The number of amides is 1. The summed E-state index contributed by atoms with van der Waals surface area (Å²) in [6.07, 6.45) is -0.398. The highest BCUT2D eigenvalue weighted by molar-refractivity contribution is 8.14. The number of rotatable bonds is 5. The first kappa shape index (κ1) is 22.0. The highest BCUT2D eigenvalue weighted by Crippen LogP contribution is 2.38. The minimum absolute atomic E-state index is 0.0776. The van der Waals surface area contributed by atoms with Crippen molar-refractivity contribution in [2.45, 2.75) is 51.9 Å². The molecule has 0 spiro atoms. The van der Waals surface area contributed by atoms with E-state index in [-0.39, 0.29) is 10.5 Å². The zero-order valence-electron chi connectivity index (χ0n) is 17.5. The summed E-state index contributed by atoms with van der Waals surface area (Å²) >= 11 is 1.10. The highest BCUT2D eigenvalue weighted by Gasteiger charge is 2.23. The topological polar surface area (TPSA) is 46.6 Å². The monoisotopic (exact) mass is 399 g/mol. The first-order valence-corrected chi connectivity index (χ1v) is 10.4. The van der Waals surface area contributed by atoms with E-state index in [2.05, 4.69) is 20.8 Å². The number of nitrogens with zero attached hydrogens (tertiary/aromatic N) is 1. The Morgan fingerprint density at radius 2 is 1.64 bits per heavy atom. The second-order valence-electron chi connectivity index (χ2n) is 7.67. The van der Waals surface area contributed by atoms with Crippen LogP contribution in [0.15, 0.2) is 47.4 Å². The van der Waals surface area contributed by atoms with Gasteiger partial charge < -0.3 is 9.64 Å². The lowest BCUT2D eigenvalue weighted by Crippen LogP contribution is -2.33. The van der Waals surface area contributed by atoms with E-state index in [1.165, 1.54) is 0 Å². The molecule has 0 heterocycles. The zero-order chi connectivity index (χ0) is 20.9. The number of ether oxygens (including phenoxy) is 1. The van der Waals surface area contributed by atoms with Crippen molar-refractivity contribution in [3.63, 3.8) is 0 Å². The van der Waals surface area contributed by atoms with E-state index in [9.17, 15) is 9.59 Å². The summed E-state index contributed by atoms with van der Waals surface area (Å²) in [6, 6.07) is 13.1. The summed E-state index contributed by atoms with van der Waals surface area (Å²) < 4.78 is 5.74. The summed E-state index contributed by atoms with van der Waals surface area (Å²) in [7, 11) is 0. The molecule has 0 aliphatic rings. The van der Waals surface area contributed by atoms with E-state index in [1.807, 2.05) is 51.1 Å². The molecule has 0 aliphatic heterocycles. The van der Waals surface area contributed by atoms with Gasteiger partial charge in [0.1, 0.15) is 5.75 Å². The Morgan fingerprint density at radius 3 is 2.18 bits per heavy atom. The molecule has 0 radical (unpaired) electrons. The van der Waals surface area contributed by atoms with Crippen molar-refractivity contribution in [1.82, 2.24) is 4.90 Å². The fourth-order valence-electron chi connectivity index (χ4n) is 2.75. The smallest absolute Gasteiger partial charge is 0.409 e. The van der Waals surface area contributed by atoms with Crippen LogP contribution < -0.4 is 4.74 Å². The number of carbonyl (C=O) groups is 2. The lowest BCUT2D eigenvalue weighted by Gasteiger charge is -2.24. The standard InChI is InChI=1S/C23H29NO3S/c1-7-24(8-2)22(26)27-20-16(3)14-18(23(4,5)6)15-19(20)28-21(25)17-12-10-9-11-13-17/h9-15H,7-8H2,1-6H3. The van der Waals surface area contributed by atoms with Crippen molar-refractivity contribution in [3.05, 3.63) is 59.2 Å². The molecule has 0 aromatic heterocycles. The van der Waals surface area contributed by atoms with Gasteiger partial charge in [-0.3, -0.25) is 4.79 Å². The van der Waals surface area contributed by atoms with Crippen LogP contribution in [0.3, 0.4) is 0 Å². The second-order valence-corrected chi connectivity index (χ2v) is 8.68. The third-order valence-electron chi connectivity index (χ3n) is 4.53. The van der Waals surface area contributed by atoms with Gasteiger partial charge in [-0.2, -0.15) is 0 Å². The molecule has 2 aromatic carbocycles. The van der Waals surface area contributed by atoms with Crippen LogP contribution in [-0.2, 0) is 5.41 Å². The van der Waals surface area contributed by atoms with E-state index in [0.29, 0.717) is 29.3 Å². The lowest BCUT2D eigenvalue weighted by molar-refractivity contribution is 0.108. The molecule has 0 aliphatic carbocycles. The number of benzene rings is 2. The Balaban J connectivity index is 2.45. The van der Waals surface area contributed by atoms with Crippen molar-refractivity contribution in [1.29, 1.82) is 0 Å². The molecular weight excluding hydrogens is 370 g/mol. The number of hydrogen-bond donors (Lipinski definition) is 0. The summed E-state index contributed by atoms with van der Waals surface area (Å²) in [4.78, 5) is 27.6. The number of hydrogen-bond acceptors (Lipinski definition) is 4. The number of thioether (sulfide) groups is 1. The molecule has 0 bridgehead atoms. The Bertz CT molecular complexity index is 837. The maximum atomic E-state index is 12.8. The average Bonchev–Trinajstić information content (AvgIpc) is 2.65. The molecule has 28 heavy (non-hydrogen) atoms. The number of aryl methyl sites for hydroxylation is 1. The van der Waals surface area contributed by atoms with Crippen LogP contribution in [0.1, 0.15) is 56.1 Å². The largest absolute Gasteiger partial charge is 0.415 e. The molecule has 0 saturated carbocycles. The highest BCUT2D eigenvalue weighted by atomic mass is 32.2. The number of carbonyl (C=O) groups excluding carboxylic acids is 2. The molecule has 0 N–H and O–H groups in total. The Kier molecular flexibility index (Phi) is 7.30. The Morgan fingerprint density at radius 1 is 1.04 bits per heavy atom. The van der Waals surface area contributed by atoms with Gasteiger partial charge in [0.2, 0.25) is 5.12 Å². The average molecular weight is 400 g/mol. The SMILES string of the molecule is CCN(CC)C(=O)Oc1c(C)cc(C(C)(C)C)cc1SC(=O)c1ccccc1. The van der Waals surface area contributed by atoms with Gasteiger partial charge in [0.05, 0.1) is 4.90 Å². The van der Waals surface area contributed by atoms with Crippen LogP contribution in [0, 0.1) is 6.92 Å². The molecule has 0 fully saturated rings. The second kappa shape index (κ2) is 9.28. The molecule has 0 unspecified atom stereocenters. The van der Waals surface area contributed by atoms with Gasteiger partial charge in [-0.25, -0.2) is 4.79 Å². The Hall–Kier alpha value is -2.27. The third-order valence-corrected chi connectivity index (χ3v) is 5.47. The van der Waals surface area contributed by atoms with Gasteiger partial charge in [0, 0.05) is 18.7 Å². The third kappa shape index (κ3) is 5.38. The minimum atomic E-state index is -0.398. The van der Waals surface area contributed by atoms with Crippen molar-refractivity contribution in [2.75, 3.05) is 13.1 Å². The quantitative estimate of drug-likeness (QED) is 0.573. The van der Waals surface area contributed by atoms with Gasteiger partial charge >= 0.3 is 6.09 Å². The minimum Gasteiger partial charge on any atom is -0.409 e. The van der Waals surface area contributed by atoms with Gasteiger partial charge in [0.25, 0.3) is 0 Å². The summed E-state index contributed by atoms with van der Waals surface area (Å²) in [5.74, 6) is 0.458. The molecule has 2 aromatic rings. The summed E-state index contributed by atoms with van der Waals surface area (Å²) in [6.45, 7) is 13.2. The fourth-order valence-corrected chi connectivity index (χ4v) is 3.68. The van der Waals surface area contributed by atoms with Crippen molar-refractivity contribution >= 4 is 23.0 Å². The first-order chi connectivity index (χ1) is 13.2. The summed E-state index contributed by atoms with van der Waals surface area (Å²) in [5.41, 5.74) is 2.47. The van der Waals surface area contributed by atoms with Crippen LogP contribution in [0.2, 0.25) is 0 Å². The van der Waals surface area contributed by atoms with E-state index in [0.717, 1.165) is 22.9 Å². The maximum Gasteiger partial charge on any atom is 0.415 e. The predicted molar refractivity (Wildman–Crippen MR) is 115 cm³/mol. The van der Waals surface area contributed by atoms with Gasteiger partial charge in [-0.15, -0.1) is 0 Å². The van der Waals surface area contributed by atoms with Crippen molar-refractivity contribution in [2.24, 2.45) is 0 Å². The van der Waals surface area contributed by atoms with E-state index < -0.39 is 6.09 Å². The van der Waals surface area contributed by atoms with E-state index >= 15 is 0 Å². The van der Waals surface area contributed by atoms with Crippen molar-refractivity contribution in [3.8, 4) is 5.75 Å². The molecule has 1 amide bonds. The molecule has 0 saturated heterocycles. The Labute approximate surface area is 172 Å².